The van der Waals surface area contributed by atoms with E-state index in [9.17, 15) is 4.39 Å². The summed E-state index contributed by atoms with van der Waals surface area (Å²) >= 11 is 0. The molecule has 1 heterocycles. The molecular formula is C20H32Cl2FN3. The fraction of sp³-hybridized carbons (Fsp3) is 0.600. The molecule has 148 valence electrons. The molecule has 0 spiro atoms. The van der Waals surface area contributed by atoms with E-state index in [0.29, 0.717) is 17.6 Å². The minimum Gasteiger partial charge on any atom is -0.369 e. The predicted octanol–water partition coefficient (Wildman–Crippen LogP) is 4.64. The van der Waals surface area contributed by atoms with Gasteiger partial charge in [-0.05, 0) is 81.9 Å². The summed E-state index contributed by atoms with van der Waals surface area (Å²) in [7, 11) is 4.17. The van der Waals surface area contributed by atoms with Crippen molar-refractivity contribution in [2.24, 2.45) is 11.7 Å². The zero-order valence-electron chi connectivity index (χ0n) is 16.0. The van der Waals surface area contributed by atoms with Gasteiger partial charge in [0.2, 0.25) is 0 Å². The molecule has 0 unspecified atom stereocenters. The number of nitrogens with zero attached hydrogens (tertiary/aromatic N) is 2. The second kappa shape index (κ2) is 9.93. The number of likely N-dealkylation sites (tertiary alicyclic amines) is 1. The third kappa shape index (κ3) is 5.59. The third-order valence-corrected chi connectivity index (χ3v) is 5.43. The molecule has 1 saturated carbocycles. The van der Waals surface area contributed by atoms with Gasteiger partial charge < -0.3 is 15.5 Å². The maximum Gasteiger partial charge on any atom is 0.146 e. The Morgan fingerprint density at radius 1 is 1.19 bits per heavy atom. The molecule has 0 radical (unpaired) electrons. The lowest BCUT2D eigenvalue weighted by Crippen LogP contribution is -2.42. The fourth-order valence-electron chi connectivity index (χ4n) is 3.51. The maximum atomic E-state index is 14.8. The Bertz CT molecular complexity index is 609. The molecule has 3 rings (SSSR count). The predicted molar refractivity (Wildman–Crippen MR) is 114 cm³/mol. The van der Waals surface area contributed by atoms with Crippen molar-refractivity contribution in [2.75, 3.05) is 32.1 Å². The van der Waals surface area contributed by atoms with E-state index in [-0.39, 0.29) is 36.7 Å². The third-order valence-electron chi connectivity index (χ3n) is 5.43. The van der Waals surface area contributed by atoms with Crippen molar-refractivity contribution in [1.82, 2.24) is 4.90 Å². The van der Waals surface area contributed by atoms with Crippen LogP contribution < -0.4 is 10.6 Å². The van der Waals surface area contributed by atoms with Crippen molar-refractivity contribution in [3.63, 3.8) is 0 Å². The first-order valence-electron chi connectivity index (χ1n) is 9.14. The monoisotopic (exact) mass is 403 g/mol. The van der Waals surface area contributed by atoms with Crippen LogP contribution in [0.25, 0.3) is 6.08 Å². The summed E-state index contributed by atoms with van der Waals surface area (Å²) in [5.41, 5.74) is 8.73. The van der Waals surface area contributed by atoms with Gasteiger partial charge in [0.1, 0.15) is 5.82 Å². The van der Waals surface area contributed by atoms with Gasteiger partial charge in [0, 0.05) is 19.1 Å². The van der Waals surface area contributed by atoms with E-state index < -0.39 is 0 Å². The summed E-state index contributed by atoms with van der Waals surface area (Å²) in [4.78, 5) is 4.46. The van der Waals surface area contributed by atoms with Crippen LogP contribution in [-0.4, -0.2) is 38.1 Å². The Kier molecular flexibility index (Phi) is 8.87. The highest BCUT2D eigenvalue weighted by molar-refractivity contribution is 5.85. The number of allylic oxidation sites excluding steroid dienone is 1. The zero-order chi connectivity index (χ0) is 17.3. The highest BCUT2D eigenvalue weighted by Gasteiger charge is 2.24. The first kappa shape index (κ1) is 23.2. The summed E-state index contributed by atoms with van der Waals surface area (Å²) < 4.78 is 14.8. The molecule has 2 aliphatic rings. The highest BCUT2D eigenvalue weighted by Crippen LogP contribution is 2.33. The van der Waals surface area contributed by atoms with Crippen LogP contribution >= 0.6 is 24.8 Å². The Morgan fingerprint density at radius 2 is 1.81 bits per heavy atom. The van der Waals surface area contributed by atoms with E-state index in [1.165, 1.54) is 12.8 Å². The van der Waals surface area contributed by atoms with Crippen molar-refractivity contribution in [1.29, 1.82) is 0 Å². The lowest BCUT2D eigenvalue weighted by molar-refractivity contribution is 0.252. The second-order valence-electron chi connectivity index (χ2n) is 7.56. The van der Waals surface area contributed by atoms with Crippen molar-refractivity contribution in [3.8, 4) is 0 Å². The van der Waals surface area contributed by atoms with E-state index in [4.69, 9.17) is 5.73 Å². The average Bonchev–Trinajstić information content (AvgIpc) is 3.37. The van der Waals surface area contributed by atoms with Gasteiger partial charge in [0.05, 0.1) is 5.69 Å². The number of benzene rings is 1. The van der Waals surface area contributed by atoms with Crippen LogP contribution in [0.3, 0.4) is 0 Å². The molecule has 3 nitrogen and oxygen atoms in total. The second-order valence-corrected chi connectivity index (χ2v) is 7.56. The molecule has 1 aliphatic carbocycles. The van der Waals surface area contributed by atoms with Gasteiger partial charge >= 0.3 is 0 Å². The quantitative estimate of drug-likeness (QED) is 0.776. The number of hydrogen-bond acceptors (Lipinski definition) is 3. The van der Waals surface area contributed by atoms with Crippen molar-refractivity contribution in [2.45, 2.75) is 44.7 Å². The van der Waals surface area contributed by atoms with E-state index >= 15 is 0 Å². The van der Waals surface area contributed by atoms with Gasteiger partial charge in [-0.3, -0.25) is 0 Å². The van der Waals surface area contributed by atoms with Gasteiger partial charge in [-0.15, -0.1) is 24.8 Å². The van der Waals surface area contributed by atoms with Crippen molar-refractivity contribution >= 4 is 36.6 Å². The van der Waals surface area contributed by atoms with Gasteiger partial charge in [0.15, 0.2) is 0 Å². The number of piperidine rings is 1. The Morgan fingerprint density at radius 3 is 2.35 bits per heavy atom. The summed E-state index contributed by atoms with van der Waals surface area (Å²) in [6.45, 7) is 4.07. The molecule has 2 fully saturated rings. The largest absolute Gasteiger partial charge is 0.369 e. The molecule has 1 saturated heterocycles. The molecule has 0 amide bonds. The van der Waals surface area contributed by atoms with Crippen LogP contribution in [0.5, 0.6) is 0 Å². The van der Waals surface area contributed by atoms with Crippen molar-refractivity contribution < 1.29 is 4.39 Å². The van der Waals surface area contributed by atoms with Crippen LogP contribution in [0.2, 0.25) is 0 Å². The number of hydrogen-bond donors (Lipinski definition) is 1. The Labute approximate surface area is 169 Å². The smallest absolute Gasteiger partial charge is 0.146 e. The Balaban J connectivity index is 0.00000169. The average molecular weight is 404 g/mol. The minimum absolute atomic E-state index is 0. The SMILES string of the molecule is C[C@H](N)c1cc(F)c(N(C)C2CCN(C)CC2)cc1/C=C/C1CC1.Cl.Cl. The standard InChI is InChI=1S/C20H30FN3.2ClH/c1-14(22)18-13-19(21)20(12-16(18)7-6-15-4-5-15)24(3)17-8-10-23(2)11-9-17;;/h6-7,12-15,17H,4-5,8-11,22H2,1-3H3;2*1H/b7-6+;;/t14-;;/m0../s1. The number of nitrogens with two attached hydrogens (primary N) is 1. The first-order valence-corrected chi connectivity index (χ1v) is 9.14. The van der Waals surface area contributed by atoms with Gasteiger partial charge in [-0.1, -0.05) is 12.2 Å². The van der Waals surface area contributed by atoms with Gasteiger partial charge in [-0.25, -0.2) is 4.39 Å². The lowest BCUT2D eigenvalue weighted by atomic mass is 9.98. The van der Waals surface area contributed by atoms with Crippen molar-refractivity contribution in [3.05, 3.63) is 35.2 Å². The summed E-state index contributed by atoms with van der Waals surface area (Å²) in [5.74, 6) is 0.540. The molecule has 0 bridgehead atoms. The molecule has 26 heavy (non-hydrogen) atoms. The summed E-state index contributed by atoms with van der Waals surface area (Å²) in [6, 6.07) is 3.86. The first-order chi connectivity index (χ1) is 11.5. The van der Waals surface area contributed by atoms with E-state index in [0.717, 1.165) is 37.1 Å². The fourth-order valence-corrected chi connectivity index (χ4v) is 3.51. The molecule has 1 aromatic rings. The number of anilines is 1. The topological polar surface area (TPSA) is 32.5 Å². The van der Waals surface area contributed by atoms with Gasteiger partial charge in [-0.2, -0.15) is 0 Å². The van der Waals surface area contributed by atoms with Crippen LogP contribution in [0, 0.1) is 11.7 Å². The summed E-state index contributed by atoms with van der Waals surface area (Å²) in [6.07, 6.45) is 9.09. The highest BCUT2D eigenvalue weighted by atomic mass is 35.5. The van der Waals surface area contributed by atoms with Crippen LogP contribution in [0.4, 0.5) is 10.1 Å². The normalized spacial score (nSPS) is 19.7. The minimum atomic E-state index is -0.166. The van der Waals surface area contributed by atoms with E-state index in [1.54, 1.807) is 6.07 Å². The number of rotatable bonds is 5. The summed E-state index contributed by atoms with van der Waals surface area (Å²) in [5, 5.41) is 0. The van der Waals surface area contributed by atoms with E-state index in [1.807, 2.05) is 20.0 Å². The van der Waals surface area contributed by atoms with Gasteiger partial charge in [0.25, 0.3) is 0 Å². The molecule has 1 atom stereocenters. The van der Waals surface area contributed by atoms with E-state index in [2.05, 4.69) is 29.0 Å². The molecule has 2 N–H and O–H groups in total. The molecule has 0 aromatic heterocycles. The molecule has 6 heteroatoms. The molecular weight excluding hydrogens is 372 g/mol. The molecule has 1 aliphatic heterocycles. The van der Waals surface area contributed by atoms with Crippen LogP contribution in [0.15, 0.2) is 18.2 Å². The van der Waals surface area contributed by atoms with Crippen LogP contribution in [0.1, 0.15) is 49.8 Å². The van der Waals surface area contributed by atoms with Crippen LogP contribution in [-0.2, 0) is 0 Å². The zero-order valence-corrected chi connectivity index (χ0v) is 17.6. The maximum absolute atomic E-state index is 14.8. The molecule has 1 aromatic carbocycles. The lowest BCUT2D eigenvalue weighted by Gasteiger charge is -2.36. The Hall–Kier alpha value is -0.810. The number of halogens is 3.